The summed E-state index contributed by atoms with van der Waals surface area (Å²) in [6.45, 7) is 3.13. The zero-order valence-electron chi connectivity index (χ0n) is 17.1. The molecule has 1 aromatic rings. The molecule has 1 atom stereocenters. The van der Waals surface area contributed by atoms with Crippen molar-refractivity contribution in [3.8, 4) is 0 Å². The van der Waals surface area contributed by atoms with Crippen molar-refractivity contribution in [2.24, 2.45) is 5.92 Å². The quantitative estimate of drug-likeness (QED) is 0.712. The van der Waals surface area contributed by atoms with Crippen LogP contribution >= 0.6 is 0 Å². The Labute approximate surface area is 169 Å². The van der Waals surface area contributed by atoms with E-state index >= 15 is 0 Å². The fraction of sp³-hybridized carbons (Fsp3) is 0.708. The molecule has 4 rings (SSSR count). The van der Waals surface area contributed by atoms with Crippen LogP contribution in [0.4, 0.5) is 0 Å². The minimum atomic E-state index is -0.0815. The summed E-state index contributed by atoms with van der Waals surface area (Å²) in [7, 11) is 0. The molecule has 1 spiro atoms. The smallest absolute Gasteiger partial charge is 0.222 e. The molecule has 1 saturated carbocycles. The van der Waals surface area contributed by atoms with E-state index < -0.39 is 0 Å². The Morgan fingerprint density at radius 2 is 1.86 bits per heavy atom. The number of hydrogen-bond donors (Lipinski definition) is 0. The predicted octanol–water partition coefficient (Wildman–Crippen LogP) is 4.71. The molecule has 2 saturated heterocycles. The number of ether oxygens (including phenoxy) is 2. The highest BCUT2D eigenvalue weighted by Gasteiger charge is 2.41. The first kappa shape index (κ1) is 19.9. The molecule has 2 aliphatic heterocycles. The molecule has 1 unspecified atom stereocenters. The van der Waals surface area contributed by atoms with E-state index in [4.69, 9.17) is 9.47 Å². The molecule has 154 valence electrons. The second-order valence-electron chi connectivity index (χ2n) is 9.01. The largest absolute Gasteiger partial charge is 0.375 e. The number of carbonyl (C=O) groups excluding carboxylic acids is 1. The zero-order valence-corrected chi connectivity index (χ0v) is 17.1. The van der Waals surface area contributed by atoms with Crippen LogP contribution < -0.4 is 0 Å². The number of likely N-dealkylation sites (tertiary alicyclic amines) is 1. The van der Waals surface area contributed by atoms with Crippen LogP contribution in [0, 0.1) is 5.92 Å². The maximum absolute atomic E-state index is 12.6. The second kappa shape index (κ2) is 9.41. The van der Waals surface area contributed by atoms with Crippen molar-refractivity contribution in [3.05, 3.63) is 35.9 Å². The van der Waals surface area contributed by atoms with Crippen LogP contribution in [0.3, 0.4) is 0 Å². The van der Waals surface area contributed by atoms with Crippen molar-refractivity contribution in [1.29, 1.82) is 0 Å². The van der Waals surface area contributed by atoms with Gasteiger partial charge in [-0.15, -0.1) is 0 Å². The number of rotatable bonds is 6. The van der Waals surface area contributed by atoms with Crippen molar-refractivity contribution in [2.45, 2.75) is 82.5 Å². The molecule has 3 aliphatic rings. The first-order chi connectivity index (χ1) is 13.7. The van der Waals surface area contributed by atoms with Gasteiger partial charge >= 0.3 is 0 Å². The Balaban J connectivity index is 1.21. The van der Waals surface area contributed by atoms with Gasteiger partial charge in [-0.3, -0.25) is 4.79 Å². The van der Waals surface area contributed by atoms with Gasteiger partial charge in [-0.1, -0.05) is 56.0 Å². The SMILES string of the molecule is O=C(CCC1CCCC1)N1CCC2(CC1)CC(OCc1ccccc1)CCO2. The van der Waals surface area contributed by atoms with E-state index in [2.05, 4.69) is 29.2 Å². The third-order valence-corrected chi connectivity index (χ3v) is 7.04. The third kappa shape index (κ3) is 5.15. The van der Waals surface area contributed by atoms with Gasteiger partial charge in [0.25, 0.3) is 0 Å². The van der Waals surface area contributed by atoms with Gasteiger partial charge in [0, 0.05) is 32.5 Å². The average Bonchev–Trinajstić information content (AvgIpc) is 3.26. The topological polar surface area (TPSA) is 38.8 Å². The number of carbonyl (C=O) groups is 1. The van der Waals surface area contributed by atoms with Gasteiger partial charge in [0.2, 0.25) is 5.91 Å². The van der Waals surface area contributed by atoms with Crippen molar-refractivity contribution >= 4 is 5.91 Å². The van der Waals surface area contributed by atoms with E-state index in [1.165, 1.54) is 31.2 Å². The number of hydrogen-bond acceptors (Lipinski definition) is 3. The highest BCUT2D eigenvalue weighted by atomic mass is 16.5. The highest BCUT2D eigenvalue weighted by Crippen LogP contribution is 2.37. The molecule has 1 amide bonds. The first-order valence-corrected chi connectivity index (χ1v) is 11.3. The number of benzene rings is 1. The average molecular weight is 386 g/mol. The summed E-state index contributed by atoms with van der Waals surface area (Å²) in [6.07, 6.45) is 11.3. The fourth-order valence-corrected chi connectivity index (χ4v) is 5.21. The Bertz CT molecular complexity index is 618. The molecule has 0 N–H and O–H groups in total. The van der Waals surface area contributed by atoms with Crippen molar-refractivity contribution < 1.29 is 14.3 Å². The highest BCUT2D eigenvalue weighted by molar-refractivity contribution is 5.76. The van der Waals surface area contributed by atoms with Gasteiger partial charge in [-0.25, -0.2) is 0 Å². The molecule has 0 aromatic heterocycles. The van der Waals surface area contributed by atoms with Gasteiger partial charge in [-0.2, -0.15) is 0 Å². The lowest BCUT2D eigenvalue weighted by molar-refractivity contribution is -0.163. The summed E-state index contributed by atoms with van der Waals surface area (Å²) < 4.78 is 12.4. The summed E-state index contributed by atoms with van der Waals surface area (Å²) in [5.41, 5.74) is 1.15. The van der Waals surface area contributed by atoms with E-state index in [1.54, 1.807) is 0 Å². The maximum Gasteiger partial charge on any atom is 0.222 e. The van der Waals surface area contributed by atoms with Gasteiger partial charge in [0.15, 0.2) is 0 Å². The fourth-order valence-electron chi connectivity index (χ4n) is 5.21. The van der Waals surface area contributed by atoms with Crippen molar-refractivity contribution in [1.82, 2.24) is 4.90 Å². The molecule has 2 heterocycles. The summed E-state index contributed by atoms with van der Waals surface area (Å²) in [5.74, 6) is 1.15. The van der Waals surface area contributed by atoms with Crippen LogP contribution in [-0.2, 0) is 20.9 Å². The monoisotopic (exact) mass is 385 g/mol. The van der Waals surface area contributed by atoms with Crippen molar-refractivity contribution in [3.63, 3.8) is 0 Å². The number of nitrogens with zero attached hydrogens (tertiary/aromatic N) is 1. The Morgan fingerprint density at radius 3 is 2.61 bits per heavy atom. The van der Waals surface area contributed by atoms with E-state index in [9.17, 15) is 4.79 Å². The molecule has 4 heteroatoms. The third-order valence-electron chi connectivity index (χ3n) is 7.04. The molecule has 28 heavy (non-hydrogen) atoms. The normalized spacial score (nSPS) is 25.3. The van der Waals surface area contributed by atoms with Crippen LogP contribution in [0.15, 0.2) is 30.3 Å². The zero-order chi connectivity index (χ0) is 19.2. The first-order valence-electron chi connectivity index (χ1n) is 11.3. The lowest BCUT2D eigenvalue weighted by atomic mass is 9.83. The lowest BCUT2D eigenvalue weighted by Crippen LogP contribution is -2.52. The minimum Gasteiger partial charge on any atom is -0.375 e. The van der Waals surface area contributed by atoms with Gasteiger partial charge in [-0.05, 0) is 37.2 Å². The standard InChI is InChI=1S/C24H35NO3/c26-23(11-10-20-6-4-5-7-20)25-15-13-24(14-16-25)18-22(12-17-28-24)27-19-21-8-2-1-3-9-21/h1-3,8-9,20,22H,4-7,10-19H2. The second-order valence-corrected chi connectivity index (χ2v) is 9.01. The maximum atomic E-state index is 12.6. The molecular formula is C24H35NO3. The van der Waals surface area contributed by atoms with E-state index in [0.717, 1.165) is 64.1 Å². The Hall–Kier alpha value is -1.39. The molecule has 0 bridgehead atoms. The van der Waals surface area contributed by atoms with Crippen molar-refractivity contribution in [2.75, 3.05) is 19.7 Å². The summed E-state index contributed by atoms with van der Waals surface area (Å²) in [4.78, 5) is 14.7. The molecular weight excluding hydrogens is 350 g/mol. The van der Waals surface area contributed by atoms with Gasteiger partial charge in [0.05, 0.1) is 18.3 Å². The van der Waals surface area contributed by atoms with E-state index in [-0.39, 0.29) is 11.7 Å². The van der Waals surface area contributed by atoms with Crippen LogP contribution in [0.5, 0.6) is 0 Å². The minimum absolute atomic E-state index is 0.0815. The summed E-state index contributed by atoms with van der Waals surface area (Å²) in [5, 5.41) is 0. The lowest BCUT2D eigenvalue weighted by Gasteiger charge is -2.46. The molecule has 3 fully saturated rings. The summed E-state index contributed by atoms with van der Waals surface area (Å²) >= 11 is 0. The molecule has 1 aromatic carbocycles. The van der Waals surface area contributed by atoms with Crippen LogP contribution in [-0.4, -0.2) is 42.2 Å². The van der Waals surface area contributed by atoms with Crippen LogP contribution in [0.25, 0.3) is 0 Å². The molecule has 4 nitrogen and oxygen atoms in total. The van der Waals surface area contributed by atoms with Gasteiger partial charge < -0.3 is 14.4 Å². The van der Waals surface area contributed by atoms with Crippen LogP contribution in [0.2, 0.25) is 0 Å². The Kier molecular flexibility index (Phi) is 6.69. The predicted molar refractivity (Wildman–Crippen MR) is 110 cm³/mol. The molecule has 1 aliphatic carbocycles. The van der Waals surface area contributed by atoms with Crippen LogP contribution in [0.1, 0.15) is 69.8 Å². The van der Waals surface area contributed by atoms with E-state index in [1.807, 2.05) is 6.07 Å². The molecule has 0 radical (unpaired) electrons. The summed E-state index contributed by atoms with van der Waals surface area (Å²) in [6, 6.07) is 10.4. The van der Waals surface area contributed by atoms with Gasteiger partial charge in [0.1, 0.15) is 0 Å². The number of piperidine rings is 1. The number of amides is 1. The Morgan fingerprint density at radius 1 is 1.11 bits per heavy atom. The van der Waals surface area contributed by atoms with E-state index in [0.29, 0.717) is 12.5 Å².